The van der Waals surface area contributed by atoms with E-state index in [4.69, 9.17) is 5.26 Å². The number of H-pyrrole nitrogens is 1. The van der Waals surface area contributed by atoms with Crippen molar-refractivity contribution in [2.24, 2.45) is 13.0 Å². The van der Waals surface area contributed by atoms with E-state index in [2.05, 4.69) is 41.8 Å². The average Bonchev–Trinajstić information content (AvgIpc) is 3.54. The van der Waals surface area contributed by atoms with E-state index in [9.17, 15) is 4.79 Å². The van der Waals surface area contributed by atoms with Gasteiger partial charge in [-0.1, -0.05) is 0 Å². The van der Waals surface area contributed by atoms with E-state index in [0.717, 1.165) is 49.2 Å². The third-order valence-electron chi connectivity index (χ3n) is 6.58. The van der Waals surface area contributed by atoms with Gasteiger partial charge in [0.15, 0.2) is 0 Å². The normalized spacial score (nSPS) is 18.2. The molecule has 10 heteroatoms. The number of pyridine rings is 1. The quantitative estimate of drug-likeness (QED) is 0.543. The number of anilines is 1. The third-order valence-corrected chi connectivity index (χ3v) is 6.58. The van der Waals surface area contributed by atoms with Crippen LogP contribution in [0.25, 0.3) is 11.0 Å². The monoisotopic (exact) mass is 433 g/mol. The van der Waals surface area contributed by atoms with Gasteiger partial charge in [-0.25, -0.2) is 4.98 Å². The minimum Gasteiger partial charge on any atom is -0.346 e. The Bertz CT molecular complexity index is 1150. The summed E-state index contributed by atoms with van der Waals surface area (Å²) in [7, 11) is 1.77. The maximum absolute atomic E-state index is 13.1. The van der Waals surface area contributed by atoms with Crippen LogP contribution in [0.3, 0.4) is 0 Å². The molecule has 0 aromatic carbocycles. The Labute approximate surface area is 186 Å². The van der Waals surface area contributed by atoms with Gasteiger partial charge in [0.05, 0.1) is 18.0 Å². The molecule has 1 unspecified atom stereocenters. The molecule has 3 aromatic rings. The molecule has 3 aromatic heterocycles. The van der Waals surface area contributed by atoms with Crippen LogP contribution in [-0.2, 0) is 13.6 Å². The molecular formula is C22H27N9O. The predicted octanol–water partition coefficient (Wildman–Crippen LogP) is 1.82. The number of carbonyl (C=O) groups excluding carboxylic acids is 1. The summed E-state index contributed by atoms with van der Waals surface area (Å²) in [4.78, 5) is 23.1. The molecule has 1 amide bonds. The summed E-state index contributed by atoms with van der Waals surface area (Å²) in [5.41, 5.74) is 7.05. The number of rotatable bonds is 6. The van der Waals surface area contributed by atoms with Crippen LogP contribution in [0, 0.1) is 17.2 Å². The summed E-state index contributed by atoms with van der Waals surface area (Å²) in [6.45, 7) is 3.33. The van der Waals surface area contributed by atoms with Crippen molar-refractivity contribution < 1.29 is 4.79 Å². The maximum Gasteiger partial charge on any atom is 0.270 e. The van der Waals surface area contributed by atoms with Gasteiger partial charge in [0.2, 0.25) is 0 Å². The van der Waals surface area contributed by atoms with Crippen LogP contribution in [0.4, 0.5) is 5.69 Å². The topological polar surface area (TPSA) is 118 Å². The van der Waals surface area contributed by atoms with Crippen molar-refractivity contribution in [3.05, 3.63) is 42.0 Å². The molecule has 0 aliphatic carbocycles. The van der Waals surface area contributed by atoms with Crippen LogP contribution in [-0.4, -0.2) is 61.4 Å². The molecule has 166 valence electrons. The molecule has 10 nitrogen and oxygen atoms in total. The number of likely N-dealkylation sites (tertiary alicyclic amines) is 1. The fraction of sp³-hybridized carbons (Fsp3) is 0.455. The molecule has 2 aliphatic heterocycles. The summed E-state index contributed by atoms with van der Waals surface area (Å²) < 4.78 is 1.59. The number of nitrogens with zero attached hydrogens (tertiary/aromatic N) is 6. The number of nitriles is 1. The lowest BCUT2D eigenvalue weighted by Crippen LogP contribution is -2.55. The summed E-state index contributed by atoms with van der Waals surface area (Å²) in [5.74, 6) is 0.145. The summed E-state index contributed by atoms with van der Waals surface area (Å²) in [5, 5.41) is 19.5. The minimum absolute atomic E-state index is 0.135. The van der Waals surface area contributed by atoms with Gasteiger partial charge in [-0.15, -0.1) is 0 Å². The third kappa shape index (κ3) is 3.81. The Balaban J connectivity index is 1.37. The number of aryl methyl sites for hydroxylation is 1. The fourth-order valence-corrected chi connectivity index (χ4v) is 4.82. The van der Waals surface area contributed by atoms with Crippen molar-refractivity contribution in [2.75, 3.05) is 25.1 Å². The zero-order valence-electron chi connectivity index (χ0n) is 18.1. The van der Waals surface area contributed by atoms with Crippen LogP contribution in [0.1, 0.15) is 35.3 Å². The van der Waals surface area contributed by atoms with Crippen molar-refractivity contribution in [3.8, 4) is 6.07 Å². The van der Waals surface area contributed by atoms with E-state index in [1.165, 1.54) is 5.56 Å². The van der Waals surface area contributed by atoms with Gasteiger partial charge in [0, 0.05) is 49.9 Å². The largest absolute Gasteiger partial charge is 0.346 e. The Kier molecular flexibility index (Phi) is 5.51. The summed E-state index contributed by atoms with van der Waals surface area (Å²) in [6.07, 6.45) is 7.65. The van der Waals surface area contributed by atoms with E-state index in [1.807, 2.05) is 18.5 Å². The highest BCUT2D eigenvalue weighted by atomic mass is 16.2. The lowest BCUT2D eigenvalue weighted by molar-refractivity contribution is 0.0646. The van der Waals surface area contributed by atoms with E-state index >= 15 is 0 Å². The Morgan fingerprint density at radius 3 is 2.97 bits per heavy atom. The van der Waals surface area contributed by atoms with E-state index in [1.54, 1.807) is 24.0 Å². The number of piperidine rings is 1. The minimum atomic E-state index is -0.183. The highest BCUT2D eigenvalue weighted by Gasteiger charge is 2.36. The molecule has 1 fully saturated rings. The Hall–Kier alpha value is -3.42. The molecule has 1 saturated heterocycles. The Morgan fingerprint density at radius 1 is 1.38 bits per heavy atom. The molecule has 2 aliphatic rings. The zero-order chi connectivity index (χ0) is 22.1. The second-order valence-electron chi connectivity index (χ2n) is 8.48. The molecular weight excluding hydrogens is 406 g/mol. The number of amides is 1. The van der Waals surface area contributed by atoms with E-state index < -0.39 is 0 Å². The number of carbonyl (C=O) groups is 1. The van der Waals surface area contributed by atoms with Crippen LogP contribution in [0.2, 0.25) is 0 Å². The number of nitrogens with one attached hydrogen (secondary N) is 3. The van der Waals surface area contributed by atoms with Gasteiger partial charge in [-0.05, 0) is 44.0 Å². The smallest absolute Gasteiger partial charge is 0.270 e. The first-order chi connectivity index (χ1) is 15.6. The molecule has 0 saturated carbocycles. The summed E-state index contributed by atoms with van der Waals surface area (Å²) in [6, 6.07) is 6.01. The van der Waals surface area contributed by atoms with Crippen molar-refractivity contribution in [2.45, 2.75) is 32.0 Å². The molecule has 1 atom stereocenters. The van der Waals surface area contributed by atoms with Crippen LogP contribution in [0.5, 0.6) is 0 Å². The van der Waals surface area contributed by atoms with Gasteiger partial charge in [0.1, 0.15) is 17.5 Å². The Morgan fingerprint density at radius 2 is 2.22 bits per heavy atom. The number of aromatic nitrogens is 4. The van der Waals surface area contributed by atoms with Gasteiger partial charge in [-0.3, -0.25) is 9.48 Å². The fourth-order valence-electron chi connectivity index (χ4n) is 4.82. The van der Waals surface area contributed by atoms with Crippen molar-refractivity contribution in [3.63, 3.8) is 0 Å². The maximum atomic E-state index is 13.1. The number of hydrogen-bond donors (Lipinski definition) is 3. The van der Waals surface area contributed by atoms with Gasteiger partial charge >= 0.3 is 0 Å². The summed E-state index contributed by atoms with van der Waals surface area (Å²) >= 11 is 0. The first-order valence-corrected chi connectivity index (χ1v) is 11.0. The van der Waals surface area contributed by atoms with Crippen molar-refractivity contribution in [1.29, 1.82) is 5.26 Å². The first-order valence-electron chi connectivity index (χ1n) is 11.0. The zero-order valence-corrected chi connectivity index (χ0v) is 18.1. The molecule has 0 radical (unpaired) electrons. The lowest BCUT2D eigenvalue weighted by Gasteiger charge is -2.39. The van der Waals surface area contributed by atoms with Gasteiger partial charge in [-0.2, -0.15) is 15.4 Å². The number of fused-ring (bicyclic) bond motifs is 3. The number of hydrogen-bond acceptors (Lipinski definition) is 7. The van der Waals surface area contributed by atoms with Crippen LogP contribution in [0.15, 0.2) is 30.7 Å². The molecule has 5 heterocycles. The lowest BCUT2D eigenvalue weighted by atomic mass is 9.92. The highest BCUT2D eigenvalue weighted by Crippen LogP contribution is 2.34. The number of aromatic amines is 1. The molecule has 0 spiro atoms. The van der Waals surface area contributed by atoms with E-state index in [-0.39, 0.29) is 18.0 Å². The van der Waals surface area contributed by atoms with Crippen LogP contribution < -0.4 is 10.7 Å². The average molecular weight is 434 g/mol. The predicted molar refractivity (Wildman–Crippen MR) is 119 cm³/mol. The molecule has 0 bridgehead atoms. The molecule has 5 rings (SSSR count). The molecule has 3 N–H and O–H groups in total. The number of hydrazine groups is 1. The molecule has 32 heavy (non-hydrogen) atoms. The van der Waals surface area contributed by atoms with E-state index in [0.29, 0.717) is 18.7 Å². The standard InChI is InChI=1S/C22H27N9O/c1-29-19(4-9-26-29)22(32)27-21(15-5-11-30(12-6-15)10-2-7-23)31-14-17-16-3-8-24-20(16)25-13-18(17)28-31/h3-4,8-9,13,15,21,28H,2,5-6,10-12,14H2,1H3,(H,24,25)(H,27,32). The van der Waals surface area contributed by atoms with Crippen LogP contribution >= 0.6 is 0 Å². The van der Waals surface area contributed by atoms with Gasteiger partial charge < -0.3 is 20.6 Å². The highest BCUT2D eigenvalue weighted by molar-refractivity contribution is 5.92. The second-order valence-corrected chi connectivity index (χ2v) is 8.48. The van der Waals surface area contributed by atoms with Gasteiger partial charge in [0.25, 0.3) is 5.91 Å². The second kappa shape index (κ2) is 8.61. The van der Waals surface area contributed by atoms with Crippen molar-refractivity contribution in [1.82, 2.24) is 35.0 Å². The van der Waals surface area contributed by atoms with Crippen molar-refractivity contribution >= 4 is 22.6 Å². The first kappa shape index (κ1) is 20.5. The SMILES string of the molecule is Cn1nccc1C(=O)NC(C1CCN(CCC#N)CC1)N1Cc2c(cnc3[nH]ccc23)N1.